The molecule has 0 bridgehead atoms. The fourth-order valence-electron chi connectivity index (χ4n) is 10.3. The van der Waals surface area contributed by atoms with Crippen molar-refractivity contribution >= 4 is 65.2 Å². The van der Waals surface area contributed by atoms with Gasteiger partial charge in [0, 0.05) is 49.3 Å². The van der Waals surface area contributed by atoms with Gasteiger partial charge in [-0.05, 0) is 80.9 Å². The van der Waals surface area contributed by atoms with Gasteiger partial charge in [0.25, 0.3) is 0 Å². The maximum atomic E-state index is 9.14. The molecular weight excluding hydrogens is 851 g/mol. The Labute approximate surface area is 417 Å². The largest absolute Gasteiger partial charge is 0.307 e. The molecule has 0 saturated carbocycles. The molecular formula is C65H41N5. The highest BCUT2D eigenvalue weighted by Crippen LogP contribution is 2.45. The van der Waals surface area contributed by atoms with E-state index in [-0.39, 0.29) is 22.3 Å². The fourth-order valence-corrected chi connectivity index (χ4v) is 10.3. The molecule has 5 heteroatoms. The van der Waals surface area contributed by atoms with Crippen LogP contribution in [0.15, 0.2) is 248 Å². The molecule has 0 aliphatic carbocycles. The van der Waals surface area contributed by atoms with Crippen LogP contribution in [0, 0.1) is 0 Å². The lowest BCUT2D eigenvalue weighted by molar-refractivity contribution is 1.08. The average molecular weight is 902 g/mol. The second-order valence-corrected chi connectivity index (χ2v) is 17.2. The number of para-hydroxylation sites is 2. The molecule has 0 N–H and O–H groups in total. The van der Waals surface area contributed by atoms with Gasteiger partial charge in [0.05, 0.1) is 41.5 Å². The van der Waals surface area contributed by atoms with Gasteiger partial charge in [-0.2, -0.15) is 0 Å². The molecule has 14 rings (SSSR count). The zero-order valence-corrected chi connectivity index (χ0v) is 37.1. The van der Waals surface area contributed by atoms with Crippen LogP contribution in [0.2, 0.25) is 0 Å². The van der Waals surface area contributed by atoms with E-state index in [9.17, 15) is 0 Å². The molecule has 0 spiro atoms. The fraction of sp³-hybridized carbons (Fsp3) is 0. The number of hydrogen-bond acceptors (Lipinski definition) is 3. The lowest BCUT2D eigenvalue weighted by Crippen LogP contribution is -2.02. The number of nitrogens with zero attached hydrogens (tertiary/aromatic N) is 5. The van der Waals surface area contributed by atoms with E-state index in [1.54, 1.807) is 18.2 Å². The Kier molecular flexibility index (Phi) is 7.08. The maximum absolute atomic E-state index is 9.14. The summed E-state index contributed by atoms with van der Waals surface area (Å²) in [6.45, 7) is 0. The van der Waals surface area contributed by atoms with E-state index in [4.69, 9.17) is 28.7 Å². The van der Waals surface area contributed by atoms with Gasteiger partial charge >= 0.3 is 0 Å². The van der Waals surface area contributed by atoms with Gasteiger partial charge in [0.15, 0.2) is 17.5 Å². The summed E-state index contributed by atoms with van der Waals surface area (Å²) in [5, 5.41) is 7.58. The third-order valence-electron chi connectivity index (χ3n) is 13.3. The van der Waals surface area contributed by atoms with Crippen LogP contribution in [0.25, 0.3) is 133 Å². The molecule has 0 fully saturated rings. The second kappa shape index (κ2) is 16.1. The van der Waals surface area contributed by atoms with Crippen LogP contribution in [0.5, 0.6) is 0 Å². The number of hydrogen-bond donors (Lipinski definition) is 0. The van der Waals surface area contributed by atoms with E-state index < -0.39 is 60.4 Å². The highest BCUT2D eigenvalue weighted by atomic mass is 15.1. The van der Waals surface area contributed by atoms with Crippen molar-refractivity contribution in [2.45, 2.75) is 0 Å². The summed E-state index contributed by atoms with van der Waals surface area (Å²) in [4.78, 5) is 15.6. The SMILES string of the molecule is [2H]c1c([2H])c([2H])c(-c2cc(-c3c([2H])c([2H])c([2H])c([2H])c3[2H])cc(-n3c4ccccc4c4ccc5c6ccccc6n(-c6ccc(-c7nc(-c8ccccc8)nc(-c8cccc9ccccc89)n7)c7ccccc67)c5c43)c2)c([2H])c1[2H]. The maximum Gasteiger partial charge on any atom is 0.164 e. The summed E-state index contributed by atoms with van der Waals surface area (Å²) in [7, 11) is 0. The molecule has 70 heavy (non-hydrogen) atoms. The van der Waals surface area contributed by atoms with Crippen molar-refractivity contribution in [1.29, 1.82) is 0 Å². The summed E-state index contributed by atoms with van der Waals surface area (Å²) < 4.78 is 92.5. The first kappa shape index (κ1) is 30.8. The van der Waals surface area contributed by atoms with Crippen molar-refractivity contribution in [3.63, 3.8) is 0 Å². The smallest absolute Gasteiger partial charge is 0.164 e. The van der Waals surface area contributed by atoms with Crippen LogP contribution >= 0.6 is 0 Å². The molecule has 326 valence electrons. The molecule has 0 aliphatic heterocycles. The van der Waals surface area contributed by atoms with Crippen molar-refractivity contribution in [2.24, 2.45) is 0 Å². The Morgan fingerprint density at radius 1 is 0.314 bits per heavy atom. The minimum Gasteiger partial charge on any atom is -0.307 e. The number of rotatable bonds is 7. The van der Waals surface area contributed by atoms with Crippen LogP contribution in [0.4, 0.5) is 0 Å². The van der Waals surface area contributed by atoms with Gasteiger partial charge in [-0.15, -0.1) is 0 Å². The lowest BCUT2D eigenvalue weighted by atomic mass is 9.98. The Morgan fingerprint density at radius 2 is 0.814 bits per heavy atom. The minimum atomic E-state index is -0.556. The average Bonchev–Trinajstić information content (AvgIpc) is 4.25. The van der Waals surface area contributed by atoms with E-state index in [1.807, 2.05) is 103 Å². The monoisotopic (exact) mass is 901 g/mol. The van der Waals surface area contributed by atoms with Crippen molar-refractivity contribution in [2.75, 3.05) is 0 Å². The molecule has 0 unspecified atom stereocenters. The van der Waals surface area contributed by atoms with Gasteiger partial charge in [-0.25, -0.2) is 15.0 Å². The molecule has 11 aromatic carbocycles. The lowest BCUT2D eigenvalue weighted by Gasteiger charge is -2.17. The summed E-state index contributed by atoms with van der Waals surface area (Å²) in [6, 6.07) is 57.1. The van der Waals surface area contributed by atoms with Crippen LogP contribution in [-0.4, -0.2) is 24.1 Å². The third-order valence-corrected chi connectivity index (χ3v) is 13.3. The van der Waals surface area contributed by atoms with Gasteiger partial charge in [-0.3, -0.25) is 0 Å². The van der Waals surface area contributed by atoms with Crippen LogP contribution < -0.4 is 0 Å². The zero-order valence-electron chi connectivity index (χ0n) is 47.1. The predicted molar refractivity (Wildman–Crippen MR) is 291 cm³/mol. The number of benzene rings is 11. The molecule has 0 atom stereocenters. The molecule has 14 aromatic rings. The zero-order chi connectivity index (χ0) is 54.8. The topological polar surface area (TPSA) is 48.5 Å². The predicted octanol–water partition coefficient (Wildman–Crippen LogP) is 16.7. The number of aromatic nitrogens is 5. The Hall–Kier alpha value is -9.45. The molecule has 0 amide bonds. The molecule has 0 aliphatic rings. The first-order valence-corrected chi connectivity index (χ1v) is 23.0. The van der Waals surface area contributed by atoms with Crippen LogP contribution in [-0.2, 0) is 0 Å². The standard InChI is InChI=1S/C65H41N5/c1-4-19-42(20-5-1)46-39-47(43-21-6-2-7-22-43)41-48(40-46)69-58-33-16-14-30-52(58)54-35-36-55-53-31-15-17-34-59(53)70(62(55)61(54)69)60-38-37-57(50-28-12-13-29-51(50)60)65-67-63(45-24-8-3-9-25-45)66-64(68-65)56-32-18-26-44-23-10-11-27-49(44)56/h1-41H/i1D,2D,4D,5D,6D,7D,19D,20D,21D,22D. The summed E-state index contributed by atoms with van der Waals surface area (Å²) >= 11 is 0. The van der Waals surface area contributed by atoms with Gasteiger partial charge in [-0.1, -0.05) is 206 Å². The Morgan fingerprint density at radius 3 is 1.47 bits per heavy atom. The van der Waals surface area contributed by atoms with E-state index in [1.165, 1.54) is 0 Å². The minimum absolute atomic E-state index is 0.101. The van der Waals surface area contributed by atoms with Gasteiger partial charge in [0.2, 0.25) is 0 Å². The molecule has 0 saturated heterocycles. The van der Waals surface area contributed by atoms with Gasteiger partial charge < -0.3 is 9.13 Å². The van der Waals surface area contributed by atoms with E-state index >= 15 is 0 Å². The van der Waals surface area contributed by atoms with Crippen molar-refractivity contribution in [1.82, 2.24) is 24.1 Å². The number of fused-ring (bicyclic) bond motifs is 9. The molecule has 3 heterocycles. The van der Waals surface area contributed by atoms with Crippen molar-refractivity contribution in [3.05, 3.63) is 248 Å². The summed E-state index contributed by atoms with van der Waals surface area (Å²) in [6.07, 6.45) is 0. The van der Waals surface area contributed by atoms with E-state index in [0.717, 1.165) is 87.5 Å². The second-order valence-electron chi connectivity index (χ2n) is 17.2. The van der Waals surface area contributed by atoms with Gasteiger partial charge in [0.1, 0.15) is 0 Å². The first-order valence-electron chi connectivity index (χ1n) is 28.0. The molecule has 5 nitrogen and oxygen atoms in total. The quantitative estimate of drug-likeness (QED) is 0.160. The third kappa shape index (κ3) is 6.36. The highest BCUT2D eigenvalue weighted by Gasteiger charge is 2.24. The van der Waals surface area contributed by atoms with Crippen molar-refractivity contribution in [3.8, 4) is 67.8 Å². The van der Waals surface area contributed by atoms with E-state index in [0.29, 0.717) is 23.2 Å². The van der Waals surface area contributed by atoms with E-state index in [2.05, 4.69) is 75.9 Å². The normalized spacial score (nSPS) is 13.7. The Bertz CT molecular complexity index is 4820. The first-order chi connectivity index (χ1) is 38.9. The highest BCUT2D eigenvalue weighted by molar-refractivity contribution is 6.24. The summed E-state index contributed by atoms with van der Waals surface area (Å²) in [5.74, 6) is 1.58. The molecule has 3 aromatic heterocycles. The molecule has 0 radical (unpaired) electrons. The Balaban J connectivity index is 1.08. The van der Waals surface area contributed by atoms with Crippen LogP contribution in [0.1, 0.15) is 13.7 Å². The van der Waals surface area contributed by atoms with Crippen molar-refractivity contribution < 1.29 is 13.7 Å². The van der Waals surface area contributed by atoms with Crippen LogP contribution in [0.3, 0.4) is 0 Å². The summed E-state index contributed by atoms with van der Waals surface area (Å²) in [5.41, 5.74) is 7.32.